The fourth-order valence-electron chi connectivity index (χ4n) is 1.21. The molecule has 0 atom stereocenters. The van der Waals surface area contributed by atoms with Gasteiger partial charge in [-0.2, -0.15) is 0 Å². The number of benzene rings is 1. The topological polar surface area (TPSA) is 75.4 Å². The van der Waals surface area contributed by atoms with E-state index in [1.807, 2.05) is 12.1 Å². The SMILES string of the molecule is CC(C)(N)C(=O)NCCc1ccc(O)cc1. The lowest BCUT2D eigenvalue weighted by molar-refractivity contribution is -0.125. The Labute approximate surface area is 95.5 Å². The molecule has 0 fully saturated rings. The van der Waals surface area contributed by atoms with Crippen LogP contribution in [0.25, 0.3) is 0 Å². The van der Waals surface area contributed by atoms with E-state index in [1.54, 1.807) is 26.0 Å². The maximum atomic E-state index is 11.4. The molecular weight excluding hydrogens is 204 g/mol. The number of nitrogens with two attached hydrogens (primary N) is 1. The standard InChI is InChI=1S/C12H18N2O2/c1-12(2,13)11(16)14-8-7-9-3-5-10(15)6-4-9/h3-6,15H,7-8,13H2,1-2H3,(H,14,16). The molecule has 0 aliphatic heterocycles. The number of phenolic OH excluding ortho intramolecular Hbond substituents is 1. The molecule has 0 heterocycles. The molecule has 0 radical (unpaired) electrons. The van der Waals surface area contributed by atoms with Crippen molar-refractivity contribution in [3.8, 4) is 5.75 Å². The van der Waals surface area contributed by atoms with Crippen LogP contribution in [0.2, 0.25) is 0 Å². The highest BCUT2D eigenvalue weighted by Gasteiger charge is 2.20. The third-order valence-corrected chi connectivity index (χ3v) is 2.22. The third-order valence-electron chi connectivity index (χ3n) is 2.22. The second-order valence-corrected chi connectivity index (χ2v) is 4.39. The molecule has 4 heteroatoms. The van der Waals surface area contributed by atoms with Crippen LogP contribution in [0.5, 0.6) is 5.75 Å². The molecule has 1 amide bonds. The van der Waals surface area contributed by atoms with Gasteiger partial charge in [-0.15, -0.1) is 0 Å². The molecule has 16 heavy (non-hydrogen) atoms. The van der Waals surface area contributed by atoms with Crippen molar-refractivity contribution in [3.63, 3.8) is 0 Å². The van der Waals surface area contributed by atoms with Gasteiger partial charge in [0.15, 0.2) is 0 Å². The molecule has 88 valence electrons. The lowest BCUT2D eigenvalue weighted by Gasteiger charge is -2.17. The highest BCUT2D eigenvalue weighted by Crippen LogP contribution is 2.09. The van der Waals surface area contributed by atoms with Crippen LogP contribution < -0.4 is 11.1 Å². The lowest BCUT2D eigenvalue weighted by atomic mass is 10.1. The predicted molar refractivity (Wildman–Crippen MR) is 63.1 cm³/mol. The van der Waals surface area contributed by atoms with Gasteiger partial charge in [-0.25, -0.2) is 0 Å². The number of nitrogens with one attached hydrogen (secondary N) is 1. The Hall–Kier alpha value is -1.55. The molecule has 4 nitrogen and oxygen atoms in total. The van der Waals surface area contributed by atoms with Gasteiger partial charge in [-0.1, -0.05) is 12.1 Å². The monoisotopic (exact) mass is 222 g/mol. The summed E-state index contributed by atoms with van der Waals surface area (Å²) in [7, 11) is 0. The van der Waals surface area contributed by atoms with Gasteiger partial charge < -0.3 is 16.2 Å². The number of carbonyl (C=O) groups excluding carboxylic acids is 1. The summed E-state index contributed by atoms with van der Waals surface area (Å²) in [5, 5.41) is 11.8. The summed E-state index contributed by atoms with van der Waals surface area (Å²) < 4.78 is 0. The van der Waals surface area contributed by atoms with Crippen LogP contribution in [0.1, 0.15) is 19.4 Å². The molecule has 0 aliphatic carbocycles. The number of hydrogen-bond acceptors (Lipinski definition) is 3. The van der Waals surface area contributed by atoms with Crippen molar-refractivity contribution < 1.29 is 9.90 Å². The van der Waals surface area contributed by atoms with E-state index in [0.717, 1.165) is 12.0 Å². The van der Waals surface area contributed by atoms with Gasteiger partial charge in [0.1, 0.15) is 5.75 Å². The van der Waals surface area contributed by atoms with Gasteiger partial charge in [0, 0.05) is 6.54 Å². The Bertz CT molecular complexity index is 352. The van der Waals surface area contributed by atoms with Crippen molar-refractivity contribution in [2.24, 2.45) is 5.73 Å². The highest BCUT2D eigenvalue weighted by molar-refractivity contribution is 5.84. The van der Waals surface area contributed by atoms with Crippen molar-refractivity contribution in [1.29, 1.82) is 0 Å². The van der Waals surface area contributed by atoms with Crippen LogP contribution in [0.3, 0.4) is 0 Å². The average molecular weight is 222 g/mol. The van der Waals surface area contributed by atoms with Gasteiger partial charge in [-0.05, 0) is 38.0 Å². The number of phenols is 1. The van der Waals surface area contributed by atoms with Crippen molar-refractivity contribution in [3.05, 3.63) is 29.8 Å². The second-order valence-electron chi connectivity index (χ2n) is 4.39. The summed E-state index contributed by atoms with van der Waals surface area (Å²) in [6, 6.07) is 6.91. The van der Waals surface area contributed by atoms with Gasteiger partial charge in [-0.3, -0.25) is 4.79 Å². The van der Waals surface area contributed by atoms with Crippen molar-refractivity contribution >= 4 is 5.91 Å². The van der Waals surface area contributed by atoms with Crippen LogP contribution in [-0.2, 0) is 11.2 Å². The lowest BCUT2D eigenvalue weighted by Crippen LogP contribution is -2.49. The Balaban J connectivity index is 2.36. The van der Waals surface area contributed by atoms with Crippen molar-refractivity contribution in [2.75, 3.05) is 6.54 Å². The number of hydrogen-bond donors (Lipinski definition) is 3. The van der Waals surface area contributed by atoms with Crippen LogP contribution in [0, 0.1) is 0 Å². The molecule has 0 aliphatic rings. The third kappa shape index (κ3) is 3.90. The van der Waals surface area contributed by atoms with E-state index in [0.29, 0.717) is 6.54 Å². The first-order valence-corrected chi connectivity index (χ1v) is 5.24. The Morgan fingerprint density at radius 3 is 2.44 bits per heavy atom. The van der Waals surface area contributed by atoms with E-state index >= 15 is 0 Å². The number of aromatic hydroxyl groups is 1. The Morgan fingerprint density at radius 2 is 1.94 bits per heavy atom. The zero-order valence-electron chi connectivity index (χ0n) is 9.66. The first kappa shape index (κ1) is 12.5. The molecule has 1 aromatic rings. The predicted octanol–water partition coefficient (Wildman–Crippen LogP) is 0.788. The van der Waals surface area contributed by atoms with E-state index in [9.17, 15) is 4.79 Å². The second kappa shape index (κ2) is 4.99. The average Bonchev–Trinajstić information content (AvgIpc) is 2.19. The van der Waals surface area contributed by atoms with E-state index < -0.39 is 5.54 Å². The van der Waals surface area contributed by atoms with Crippen LogP contribution >= 0.6 is 0 Å². The first-order chi connectivity index (χ1) is 7.39. The zero-order valence-corrected chi connectivity index (χ0v) is 9.66. The molecule has 1 aromatic carbocycles. The summed E-state index contributed by atoms with van der Waals surface area (Å²) in [5.74, 6) is 0.0853. The molecule has 4 N–H and O–H groups in total. The minimum Gasteiger partial charge on any atom is -0.508 e. The summed E-state index contributed by atoms with van der Waals surface area (Å²) in [6.07, 6.45) is 0.724. The Kier molecular flexibility index (Phi) is 3.90. The van der Waals surface area contributed by atoms with E-state index in [1.165, 1.54) is 0 Å². The molecule has 0 aromatic heterocycles. The largest absolute Gasteiger partial charge is 0.508 e. The van der Waals surface area contributed by atoms with Gasteiger partial charge in [0.25, 0.3) is 0 Å². The van der Waals surface area contributed by atoms with Crippen LogP contribution in [0.4, 0.5) is 0 Å². The van der Waals surface area contributed by atoms with Crippen molar-refractivity contribution in [1.82, 2.24) is 5.32 Å². The van der Waals surface area contributed by atoms with Gasteiger partial charge in [0.2, 0.25) is 5.91 Å². The fraction of sp³-hybridized carbons (Fsp3) is 0.417. The number of amides is 1. The van der Waals surface area contributed by atoms with Crippen LogP contribution in [-0.4, -0.2) is 23.1 Å². The van der Waals surface area contributed by atoms with Crippen LogP contribution in [0.15, 0.2) is 24.3 Å². The molecule has 1 rings (SSSR count). The molecule has 0 saturated heterocycles. The minimum atomic E-state index is -0.838. The summed E-state index contributed by atoms with van der Waals surface area (Å²) in [4.78, 5) is 11.4. The molecule has 0 saturated carbocycles. The minimum absolute atomic E-state index is 0.161. The first-order valence-electron chi connectivity index (χ1n) is 5.24. The van der Waals surface area contributed by atoms with Crippen molar-refractivity contribution in [2.45, 2.75) is 25.8 Å². The smallest absolute Gasteiger partial charge is 0.239 e. The quantitative estimate of drug-likeness (QED) is 0.705. The number of carbonyl (C=O) groups is 1. The molecule has 0 spiro atoms. The summed E-state index contributed by atoms with van der Waals surface area (Å²) in [5.41, 5.74) is 5.86. The number of rotatable bonds is 4. The maximum absolute atomic E-state index is 11.4. The molecule has 0 bridgehead atoms. The van der Waals surface area contributed by atoms with E-state index in [-0.39, 0.29) is 11.7 Å². The summed E-state index contributed by atoms with van der Waals surface area (Å²) in [6.45, 7) is 3.88. The normalized spacial score (nSPS) is 11.2. The van der Waals surface area contributed by atoms with E-state index in [2.05, 4.69) is 5.32 Å². The Morgan fingerprint density at radius 1 is 1.38 bits per heavy atom. The molecule has 0 unspecified atom stereocenters. The molecular formula is C12H18N2O2. The zero-order chi connectivity index (χ0) is 12.2. The summed E-state index contributed by atoms with van der Waals surface area (Å²) >= 11 is 0. The highest BCUT2D eigenvalue weighted by atomic mass is 16.3. The fourth-order valence-corrected chi connectivity index (χ4v) is 1.21. The van der Waals surface area contributed by atoms with E-state index in [4.69, 9.17) is 10.8 Å². The maximum Gasteiger partial charge on any atom is 0.239 e. The van der Waals surface area contributed by atoms with Gasteiger partial charge >= 0.3 is 0 Å². The van der Waals surface area contributed by atoms with Gasteiger partial charge in [0.05, 0.1) is 5.54 Å².